The summed E-state index contributed by atoms with van der Waals surface area (Å²) in [7, 11) is 0. The van der Waals surface area contributed by atoms with Crippen molar-refractivity contribution in [2.45, 2.75) is 6.92 Å². The molecule has 0 bridgehead atoms. The molecule has 0 radical (unpaired) electrons. The molecule has 1 aromatic heterocycles. The minimum atomic E-state index is -0.00371. The van der Waals surface area contributed by atoms with Gasteiger partial charge in [-0.25, -0.2) is 0 Å². The fraction of sp³-hybridized carbons (Fsp3) is 0.0909. The molecule has 1 heterocycles. The Kier molecular flexibility index (Phi) is 3.60. The van der Waals surface area contributed by atoms with Crippen LogP contribution in [-0.2, 0) is 0 Å². The van der Waals surface area contributed by atoms with Crippen molar-refractivity contribution in [3.63, 3.8) is 0 Å². The van der Waals surface area contributed by atoms with Crippen molar-refractivity contribution < 1.29 is 0 Å². The monoisotopic (exact) mass is 279 g/mol. The first kappa shape index (κ1) is 12.6. The van der Waals surface area contributed by atoms with Crippen LogP contribution in [0.2, 0.25) is 10.4 Å². The third-order valence-corrected chi connectivity index (χ3v) is 2.65. The molecule has 0 spiro atoms. The molecule has 0 saturated heterocycles. The number of anilines is 2. The predicted octanol–water partition coefficient (Wildman–Crippen LogP) is 3.10. The normalized spacial score (nSPS) is 9.89. The van der Waals surface area contributed by atoms with E-state index in [2.05, 4.69) is 26.6 Å². The van der Waals surface area contributed by atoms with E-state index in [0.29, 0.717) is 17.1 Å². The van der Waals surface area contributed by atoms with E-state index in [1.807, 2.05) is 13.0 Å². The minimum Gasteiger partial charge on any atom is -0.337 e. The van der Waals surface area contributed by atoms with Crippen LogP contribution in [0.1, 0.15) is 11.1 Å². The zero-order valence-electron chi connectivity index (χ0n) is 9.28. The van der Waals surface area contributed by atoms with Crippen molar-refractivity contribution in [1.82, 2.24) is 15.2 Å². The van der Waals surface area contributed by atoms with E-state index < -0.39 is 0 Å². The Labute approximate surface area is 113 Å². The summed E-state index contributed by atoms with van der Waals surface area (Å²) in [5.74, 6) is 0.301. The molecule has 2 aromatic rings. The highest BCUT2D eigenvalue weighted by Gasteiger charge is 2.08. The highest BCUT2D eigenvalue weighted by atomic mass is 35.5. The van der Waals surface area contributed by atoms with Gasteiger partial charge in [-0.1, -0.05) is 17.7 Å². The fourth-order valence-corrected chi connectivity index (χ4v) is 1.58. The highest BCUT2D eigenvalue weighted by Crippen LogP contribution is 2.24. The van der Waals surface area contributed by atoms with Crippen LogP contribution in [-0.4, -0.2) is 15.2 Å². The van der Waals surface area contributed by atoms with Crippen LogP contribution < -0.4 is 5.32 Å². The zero-order chi connectivity index (χ0) is 13.1. The average Bonchev–Trinajstić information content (AvgIpc) is 2.36. The molecule has 90 valence electrons. The van der Waals surface area contributed by atoms with Gasteiger partial charge in [0.15, 0.2) is 11.0 Å². The van der Waals surface area contributed by atoms with Gasteiger partial charge in [-0.05, 0) is 36.2 Å². The number of nitriles is 1. The summed E-state index contributed by atoms with van der Waals surface area (Å²) in [6.07, 6.45) is 0. The standard InChI is InChI=1S/C11H7Cl2N5/c1-6-2-3-7(5-14)4-8(6)15-10-9(12)17-18-11(13)16-10/h2-4H,1H3,(H,15,16,18). The maximum atomic E-state index is 8.85. The summed E-state index contributed by atoms with van der Waals surface area (Å²) in [4.78, 5) is 3.93. The third kappa shape index (κ3) is 2.67. The molecule has 18 heavy (non-hydrogen) atoms. The molecule has 0 aliphatic rings. The van der Waals surface area contributed by atoms with Crippen molar-refractivity contribution in [3.8, 4) is 6.07 Å². The Balaban J connectivity index is 2.39. The van der Waals surface area contributed by atoms with Crippen LogP contribution in [0.15, 0.2) is 18.2 Å². The molecule has 5 nitrogen and oxygen atoms in total. The number of rotatable bonds is 2. The molecular weight excluding hydrogens is 273 g/mol. The zero-order valence-corrected chi connectivity index (χ0v) is 10.8. The topological polar surface area (TPSA) is 74.5 Å². The molecule has 0 aliphatic carbocycles. The highest BCUT2D eigenvalue weighted by molar-refractivity contribution is 6.32. The minimum absolute atomic E-state index is 0.00371. The first-order valence-corrected chi connectivity index (χ1v) is 5.69. The Bertz CT molecular complexity index is 636. The van der Waals surface area contributed by atoms with Gasteiger partial charge in [0.25, 0.3) is 0 Å². The van der Waals surface area contributed by atoms with E-state index in [0.717, 1.165) is 5.56 Å². The molecule has 0 fully saturated rings. The number of nitrogens with one attached hydrogen (secondary N) is 1. The summed E-state index contributed by atoms with van der Waals surface area (Å²) in [5, 5.41) is 19.1. The second-order valence-electron chi connectivity index (χ2n) is 3.49. The summed E-state index contributed by atoms with van der Waals surface area (Å²) >= 11 is 11.5. The van der Waals surface area contributed by atoms with E-state index in [9.17, 15) is 0 Å². The number of aryl methyl sites for hydroxylation is 1. The maximum absolute atomic E-state index is 8.85. The first-order valence-electron chi connectivity index (χ1n) is 4.93. The molecule has 0 aliphatic heterocycles. The van der Waals surface area contributed by atoms with Crippen LogP contribution in [0.25, 0.3) is 0 Å². The quantitative estimate of drug-likeness (QED) is 0.914. The number of aromatic nitrogens is 3. The Morgan fingerprint density at radius 1 is 1.28 bits per heavy atom. The maximum Gasteiger partial charge on any atom is 0.245 e. The number of hydrogen-bond donors (Lipinski definition) is 1. The molecule has 1 N–H and O–H groups in total. The molecule has 2 rings (SSSR count). The Morgan fingerprint density at radius 2 is 2.06 bits per heavy atom. The van der Waals surface area contributed by atoms with E-state index in [1.165, 1.54) is 0 Å². The summed E-state index contributed by atoms with van der Waals surface area (Å²) < 4.78 is 0. The largest absolute Gasteiger partial charge is 0.337 e. The van der Waals surface area contributed by atoms with E-state index in [4.69, 9.17) is 28.5 Å². The SMILES string of the molecule is Cc1ccc(C#N)cc1Nc1nc(Cl)nnc1Cl. The lowest BCUT2D eigenvalue weighted by molar-refractivity contribution is 0.974. The third-order valence-electron chi connectivity index (χ3n) is 2.24. The lowest BCUT2D eigenvalue weighted by Crippen LogP contribution is -2.00. The molecule has 0 saturated carbocycles. The number of benzene rings is 1. The summed E-state index contributed by atoms with van der Waals surface area (Å²) in [6.45, 7) is 1.90. The van der Waals surface area contributed by atoms with Crippen molar-refractivity contribution in [3.05, 3.63) is 39.8 Å². The Hall–Kier alpha value is -1.90. The van der Waals surface area contributed by atoms with Crippen molar-refractivity contribution >= 4 is 34.7 Å². The molecular formula is C11H7Cl2N5. The fourth-order valence-electron chi connectivity index (χ4n) is 1.33. The molecule has 0 amide bonds. The van der Waals surface area contributed by atoms with Crippen LogP contribution in [0, 0.1) is 18.3 Å². The van der Waals surface area contributed by atoms with E-state index in [1.54, 1.807) is 12.1 Å². The van der Waals surface area contributed by atoms with Crippen molar-refractivity contribution in [1.29, 1.82) is 5.26 Å². The van der Waals surface area contributed by atoms with Gasteiger partial charge in [-0.15, -0.1) is 10.2 Å². The van der Waals surface area contributed by atoms with Gasteiger partial charge in [0.2, 0.25) is 5.28 Å². The van der Waals surface area contributed by atoms with Crippen LogP contribution >= 0.6 is 23.2 Å². The smallest absolute Gasteiger partial charge is 0.245 e. The summed E-state index contributed by atoms with van der Waals surface area (Å²) in [5.41, 5.74) is 2.19. The average molecular weight is 280 g/mol. The Morgan fingerprint density at radius 3 is 2.78 bits per heavy atom. The van der Waals surface area contributed by atoms with Crippen molar-refractivity contribution in [2.75, 3.05) is 5.32 Å². The van der Waals surface area contributed by atoms with E-state index in [-0.39, 0.29) is 10.4 Å². The lowest BCUT2D eigenvalue weighted by atomic mass is 10.1. The molecule has 0 atom stereocenters. The number of halogens is 2. The van der Waals surface area contributed by atoms with Gasteiger partial charge in [-0.3, -0.25) is 0 Å². The van der Waals surface area contributed by atoms with Crippen LogP contribution in [0.4, 0.5) is 11.5 Å². The van der Waals surface area contributed by atoms with Gasteiger partial charge in [-0.2, -0.15) is 10.2 Å². The molecule has 1 aromatic carbocycles. The van der Waals surface area contributed by atoms with Crippen molar-refractivity contribution in [2.24, 2.45) is 0 Å². The van der Waals surface area contributed by atoms with Crippen LogP contribution in [0.5, 0.6) is 0 Å². The van der Waals surface area contributed by atoms with Gasteiger partial charge in [0, 0.05) is 5.69 Å². The number of hydrogen-bond acceptors (Lipinski definition) is 5. The van der Waals surface area contributed by atoms with Gasteiger partial charge in [0.1, 0.15) is 0 Å². The number of nitrogens with zero attached hydrogens (tertiary/aromatic N) is 4. The molecule has 7 heteroatoms. The second kappa shape index (κ2) is 5.17. The van der Waals surface area contributed by atoms with Crippen LogP contribution in [0.3, 0.4) is 0 Å². The van der Waals surface area contributed by atoms with Gasteiger partial charge >= 0.3 is 0 Å². The second-order valence-corrected chi connectivity index (χ2v) is 4.18. The summed E-state index contributed by atoms with van der Waals surface area (Å²) in [6, 6.07) is 7.31. The van der Waals surface area contributed by atoms with Gasteiger partial charge in [0.05, 0.1) is 11.6 Å². The predicted molar refractivity (Wildman–Crippen MR) is 69.0 cm³/mol. The lowest BCUT2D eigenvalue weighted by Gasteiger charge is -2.09. The molecule has 0 unspecified atom stereocenters. The van der Waals surface area contributed by atoms with E-state index >= 15 is 0 Å². The van der Waals surface area contributed by atoms with Gasteiger partial charge < -0.3 is 5.32 Å². The first-order chi connectivity index (χ1) is 8.60.